The molecule has 1 heterocycles. The van der Waals surface area contributed by atoms with Gasteiger partial charge in [0.1, 0.15) is 0 Å². The van der Waals surface area contributed by atoms with Gasteiger partial charge < -0.3 is 15.0 Å². The van der Waals surface area contributed by atoms with E-state index in [1.54, 1.807) is 0 Å². The van der Waals surface area contributed by atoms with Gasteiger partial charge in [0, 0.05) is 24.2 Å². The predicted octanol–water partition coefficient (Wildman–Crippen LogP) is 3.20. The maximum Gasteiger partial charge on any atom is 0.201 e. The molecule has 0 aliphatic heterocycles. The fourth-order valence-corrected chi connectivity index (χ4v) is 2.56. The highest BCUT2D eigenvalue weighted by Gasteiger charge is 2.20. The fraction of sp³-hybridized carbons (Fsp3) is 0.500. The van der Waals surface area contributed by atoms with Crippen LogP contribution in [0.3, 0.4) is 0 Å². The molecule has 4 nitrogen and oxygen atoms in total. The third-order valence-electron chi connectivity index (χ3n) is 3.46. The minimum absolute atomic E-state index is 0.579. The normalized spacial score (nSPS) is 15.2. The molecule has 0 amide bonds. The first-order valence-corrected chi connectivity index (χ1v) is 7.52. The molecule has 2 N–H and O–H groups in total. The number of nitrogen functional groups attached to an aromatic ring is 1. The Balaban J connectivity index is 1.61. The van der Waals surface area contributed by atoms with Crippen LogP contribution in [0, 0.1) is 5.92 Å². The minimum atomic E-state index is 0.579. The van der Waals surface area contributed by atoms with E-state index in [9.17, 15) is 0 Å². The lowest BCUT2D eigenvalue weighted by Gasteiger charge is -2.07. The average Bonchev–Trinajstić information content (AvgIpc) is 3.14. The molecule has 1 saturated carbocycles. The highest BCUT2D eigenvalue weighted by atomic mass is 79.9. The number of halogens is 1. The summed E-state index contributed by atoms with van der Waals surface area (Å²) in [5.74, 6) is 1.41. The van der Waals surface area contributed by atoms with Gasteiger partial charge in [0.05, 0.1) is 11.0 Å². The van der Waals surface area contributed by atoms with E-state index in [0.29, 0.717) is 5.95 Å². The third-order valence-corrected chi connectivity index (χ3v) is 3.95. The number of aromatic nitrogens is 2. The quantitative estimate of drug-likeness (QED) is 0.830. The van der Waals surface area contributed by atoms with Gasteiger partial charge in [-0.3, -0.25) is 0 Å². The largest absolute Gasteiger partial charge is 0.381 e. The number of imidazole rings is 1. The molecule has 1 aromatic heterocycles. The summed E-state index contributed by atoms with van der Waals surface area (Å²) in [5.41, 5.74) is 7.99. The average molecular weight is 324 g/mol. The van der Waals surface area contributed by atoms with E-state index in [2.05, 4.69) is 25.5 Å². The van der Waals surface area contributed by atoms with E-state index in [4.69, 9.17) is 10.5 Å². The Hall–Kier alpha value is -1.07. The predicted molar refractivity (Wildman–Crippen MR) is 80.0 cm³/mol. The number of anilines is 1. The van der Waals surface area contributed by atoms with Crippen molar-refractivity contribution >= 4 is 32.9 Å². The molecule has 0 atom stereocenters. The fourth-order valence-electron chi connectivity index (χ4n) is 2.22. The van der Waals surface area contributed by atoms with Gasteiger partial charge in [0.25, 0.3) is 0 Å². The van der Waals surface area contributed by atoms with E-state index in [0.717, 1.165) is 47.6 Å². The van der Waals surface area contributed by atoms with E-state index in [1.807, 2.05) is 18.2 Å². The lowest BCUT2D eigenvalue weighted by molar-refractivity contribution is 0.119. The lowest BCUT2D eigenvalue weighted by Crippen LogP contribution is -2.07. The summed E-state index contributed by atoms with van der Waals surface area (Å²) >= 11 is 3.45. The van der Waals surface area contributed by atoms with Crippen molar-refractivity contribution < 1.29 is 4.74 Å². The summed E-state index contributed by atoms with van der Waals surface area (Å²) in [6, 6.07) is 6.06. The van der Waals surface area contributed by atoms with Crippen molar-refractivity contribution in [3.05, 3.63) is 22.7 Å². The molecule has 3 rings (SSSR count). The van der Waals surface area contributed by atoms with Gasteiger partial charge in [-0.2, -0.15) is 0 Å². The summed E-state index contributed by atoms with van der Waals surface area (Å²) in [6.07, 6.45) is 3.65. The molecule has 1 aliphatic rings. The van der Waals surface area contributed by atoms with E-state index < -0.39 is 0 Å². The number of ether oxygens (including phenoxy) is 1. The Bertz CT molecular complexity index is 577. The topological polar surface area (TPSA) is 53.1 Å². The minimum Gasteiger partial charge on any atom is -0.381 e. The number of benzene rings is 1. The second kappa shape index (κ2) is 5.51. The van der Waals surface area contributed by atoms with Gasteiger partial charge in [-0.25, -0.2) is 4.98 Å². The van der Waals surface area contributed by atoms with Crippen molar-refractivity contribution in [1.82, 2.24) is 9.55 Å². The zero-order chi connectivity index (χ0) is 13.2. The molecular weight excluding hydrogens is 306 g/mol. The summed E-state index contributed by atoms with van der Waals surface area (Å²) in [5, 5.41) is 0. The van der Waals surface area contributed by atoms with Crippen molar-refractivity contribution in [3.63, 3.8) is 0 Å². The summed E-state index contributed by atoms with van der Waals surface area (Å²) < 4.78 is 8.73. The molecular formula is C14H18BrN3O. The highest BCUT2D eigenvalue weighted by molar-refractivity contribution is 9.10. The molecule has 0 radical (unpaired) electrons. The maximum atomic E-state index is 5.97. The third kappa shape index (κ3) is 3.09. The van der Waals surface area contributed by atoms with Crippen LogP contribution in [0.1, 0.15) is 19.3 Å². The van der Waals surface area contributed by atoms with Crippen LogP contribution in [-0.4, -0.2) is 22.8 Å². The number of nitrogens with two attached hydrogens (primary N) is 1. The SMILES string of the molecule is Nc1nc2cc(Br)ccc2n1CCCOCC1CC1. The van der Waals surface area contributed by atoms with Gasteiger partial charge in [-0.05, 0) is 43.4 Å². The number of hydrogen-bond acceptors (Lipinski definition) is 3. The number of aryl methyl sites for hydroxylation is 1. The zero-order valence-electron chi connectivity index (χ0n) is 10.8. The molecule has 102 valence electrons. The Morgan fingerprint density at radius 1 is 1.42 bits per heavy atom. The summed E-state index contributed by atoms with van der Waals surface area (Å²) in [4.78, 5) is 4.38. The molecule has 1 aliphatic carbocycles. The second-order valence-corrected chi connectivity index (χ2v) is 6.04. The molecule has 5 heteroatoms. The summed E-state index contributed by atoms with van der Waals surface area (Å²) in [7, 11) is 0. The number of rotatable bonds is 6. The first kappa shape index (κ1) is 12.9. The van der Waals surface area contributed by atoms with Gasteiger partial charge in [-0.15, -0.1) is 0 Å². The van der Waals surface area contributed by atoms with Crippen LogP contribution in [0.4, 0.5) is 5.95 Å². The van der Waals surface area contributed by atoms with Crippen molar-refractivity contribution in [1.29, 1.82) is 0 Å². The highest BCUT2D eigenvalue weighted by Crippen LogP contribution is 2.28. The van der Waals surface area contributed by atoms with Crippen molar-refractivity contribution in [2.45, 2.75) is 25.8 Å². The molecule has 0 saturated heterocycles. The molecule has 0 unspecified atom stereocenters. The van der Waals surface area contributed by atoms with Crippen LogP contribution in [0.2, 0.25) is 0 Å². The first-order chi connectivity index (χ1) is 9.24. The van der Waals surface area contributed by atoms with Crippen LogP contribution < -0.4 is 5.73 Å². The Labute approximate surface area is 121 Å². The van der Waals surface area contributed by atoms with Crippen LogP contribution in [0.5, 0.6) is 0 Å². The molecule has 0 spiro atoms. The van der Waals surface area contributed by atoms with Gasteiger partial charge in [0.15, 0.2) is 0 Å². The van der Waals surface area contributed by atoms with Gasteiger partial charge in [-0.1, -0.05) is 15.9 Å². The van der Waals surface area contributed by atoms with Crippen LogP contribution in [0.15, 0.2) is 22.7 Å². The molecule has 19 heavy (non-hydrogen) atoms. The van der Waals surface area contributed by atoms with E-state index in [1.165, 1.54) is 12.8 Å². The van der Waals surface area contributed by atoms with Crippen molar-refractivity contribution in [2.24, 2.45) is 5.92 Å². The van der Waals surface area contributed by atoms with Crippen LogP contribution in [-0.2, 0) is 11.3 Å². The van der Waals surface area contributed by atoms with E-state index in [-0.39, 0.29) is 0 Å². The van der Waals surface area contributed by atoms with Crippen molar-refractivity contribution in [3.8, 4) is 0 Å². The molecule has 2 aromatic rings. The number of nitrogens with zero attached hydrogens (tertiary/aromatic N) is 2. The van der Waals surface area contributed by atoms with Crippen molar-refractivity contribution in [2.75, 3.05) is 18.9 Å². The Morgan fingerprint density at radius 3 is 3.05 bits per heavy atom. The summed E-state index contributed by atoms with van der Waals surface area (Å²) in [6.45, 7) is 2.58. The molecule has 1 fully saturated rings. The molecule has 0 bridgehead atoms. The van der Waals surface area contributed by atoms with Gasteiger partial charge in [0.2, 0.25) is 5.95 Å². The number of fused-ring (bicyclic) bond motifs is 1. The standard InChI is InChI=1S/C14H18BrN3O/c15-11-4-5-13-12(8-11)17-14(16)18(13)6-1-7-19-9-10-2-3-10/h4-5,8,10H,1-3,6-7,9H2,(H2,16,17). The first-order valence-electron chi connectivity index (χ1n) is 6.73. The monoisotopic (exact) mass is 323 g/mol. The lowest BCUT2D eigenvalue weighted by atomic mass is 10.3. The number of hydrogen-bond donors (Lipinski definition) is 1. The Kier molecular flexibility index (Phi) is 3.75. The maximum absolute atomic E-state index is 5.97. The Morgan fingerprint density at radius 2 is 2.26 bits per heavy atom. The van der Waals surface area contributed by atoms with Gasteiger partial charge >= 0.3 is 0 Å². The second-order valence-electron chi connectivity index (χ2n) is 5.13. The smallest absolute Gasteiger partial charge is 0.201 e. The zero-order valence-corrected chi connectivity index (χ0v) is 12.4. The van der Waals surface area contributed by atoms with Crippen LogP contribution >= 0.6 is 15.9 Å². The van der Waals surface area contributed by atoms with Crippen LogP contribution in [0.25, 0.3) is 11.0 Å². The molecule has 1 aromatic carbocycles. The van der Waals surface area contributed by atoms with E-state index >= 15 is 0 Å².